The Kier molecular flexibility index (Phi) is 2.71. The summed E-state index contributed by atoms with van der Waals surface area (Å²) in [7, 11) is -0.135. The van der Waals surface area contributed by atoms with Crippen molar-refractivity contribution in [3.63, 3.8) is 0 Å². The molecule has 1 aliphatic heterocycles. The van der Waals surface area contributed by atoms with E-state index in [-0.39, 0.29) is 13.2 Å². The predicted molar refractivity (Wildman–Crippen MR) is 36.5 cm³/mol. The second kappa shape index (κ2) is 3.58. The number of amides is 1. The zero-order valence-corrected chi connectivity index (χ0v) is 5.87. The minimum atomic E-state index is -0.135. The average Bonchev–Trinajstić information content (AvgIpc) is 1.95. The van der Waals surface area contributed by atoms with Crippen LogP contribution in [0.2, 0.25) is 6.82 Å². The van der Waals surface area contributed by atoms with Gasteiger partial charge in [-0.3, -0.25) is 4.79 Å². The number of nitrogens with one attached hydrogen (secondary N) is 1. The van der Waals surface area contributed by atoms with Gasteiger partial charge in [-0.2, -0.15) is 0 Å². The van der Waals surface area contributed by atoms with Crippen LogP contribution in [0.5, 0.6) is 0 Å². The minimum absolute atomic E-state index is 0.0219. The Morgan fingerprint density at radius 1 is 1.60 bits per heavy atom. The van der Waals surface area contributed by atoms with E-state index < -0.39 is 0 Å². The van der Waals surface area contributed by atoms with E-state index in [1.807, 2.05) is 6.82 Å². The van der Waals surface area contributed by atoms with E-state index in [1.54, 1.807) is 0 Å². The van der Waals surface area contributed by atoms with Crippen LogP contribution in [0.3, 0.4) is 0 Å². The Labute approximate surface area is 60.0 Å². The molecule has 1 rings (SSSR count). The van der Waals surface area contributed by atoms with Gasteiger partial charge in [0.15, 0.2) is 0 Å². The summed E-state index contributed by atoms with van der Waals surface area (Å²) in [4.78, 5) is 9.93. The second-order valence-corrected chi connectivity index (χ2v) is 2.22. The molecule has 56 valence electrons. The maximum Gasteiger partial charge on any atom is 0.453 e. The van der Waals surface area contributed by atoms with Crippen LogP contribution >= 0.6 is 0 Å². The molecule has 1 aliphatic rings. The van der Waals surface area contributed by atoms with Crippen molar-refractivity contribution < 1.29 is 14.1 Å². The van der Waals surface area contributed by atoms with Crippen molar-refractivity contribution in [2.75, 3.05) is 13.2 Å². The maximum atomic E-state index is 9.93. The molecule has 0 atom stereocenters. The highest BCUT2D eigenvalue weighted by Crippen LogP contribution is 2.00. The topological polar surface area (TPSA) is 47.6 Å². The van der Waals surface area contributed by atoms with Gasteiger partial charge in [0, 0.05) is 0 Å². The third kappa shape index (κ3) is 2.00. The molecule has 1 N–H and O–H groups in total. The molecule has 0 spiro atoms. The summed E-state index contributed by atoms with van der Waals surface area (Å²) in [5.74, 6) is 0. The first-order valence-corrected chi connectivity index (χ1v) is 3.26. The molecule has 0 radical (unpaired) electrons. The molecule has 0 aromatic rings. The highest BCUT2D eigenvalue weighted by molar-refractivity contribution is 6.42. The molecule has 0 aromatic heterocycles. The van der Waals surface area contributed by atoms with Gasteiger partial charge >= 0.3 is 7.12 Å². The van der Waals surface area contributed by atoms with Crippen molar-refractivity contribution in [1.29, 1.82) is 0 Å². The van der Waals surface area contributed by atoms with Crippen LogP contribution in [0.15, 0.2) is 0 Å². The molecule has 0 bridgehead atoms. The average molecular weight is 143 g/mol. The quantitative estimate of drug-likeness (QED) is 0.409. The summed E-state index contributed by atoms with van der Waals surface area (Å²) >= 11 is 0. The highest BCUT2D eigenvalue weighted by atomic mass is 16.6. The van der Waals surface area contributed by atoms with Crippen molar-refractivity contribution in [1.82, 2.24) is 5.32 Å². The third-order valence-electron chi connectivity index (χ3n) is 1.37. The molecular formula is C5H10BNO3. The molecule has 0 aliphatic carbocycles. The molecular weight excluding hydrogens is 133 g/mol. The van der Waals surface area contributed by atoms with Crippen LogP contribution < -0.4 is 5.32 Å². The molecule has 1 saturated heterocycles. The van der Waals surface area contributed by atoms with Gasteiger partial charge in [0.1, 0.15) is 0 Å². The molecule has 5 heteroatoms. The largest absolute Gasteiger partial charge is 0.453 e. The fourth-order valence-electron chi connectivity index (χ4n) is 0.792. The Balaban J connectivity index is 2.19. The first kappa shape index (κ1) is 7.56. The van der Waals surface area contributed by atoms with Gasteiger partial charge in [0.2, 0.25) is 6.41 Å². The predicted octanol–water partition coefficient (Wildman–Crippen LogP) is -0.734. The first-order chi connectivity index (χ1) is 4.83. The molecule has 0 saturated carbocycles. The molecule has 0 aromatic carbocycles. The number of rotatable bonds is 2. The fraction of sp³-hybridized carbons (Fsp3) is 0.800. The van der Waals surface area contributed by atoms with Crippen LogP contribution in [-0.4, -0.2) is 32.8 Å². The highest BCUT2D eigenvalue weighted by Gasteiger charge is 2.21. The van der Waals surface area contributed by atoms with Crippen molar-refractivity contribution in [2.45, 2.75) is 12.9 Å². The van der Waals surface area contributed by atoms with Gasteiger partial charge in [0.25, 0.3) is 0 Å². The van der Waals surface area contributed by atoms with Gasteiger partial charge in [-0.15, -0.1) is 0 Å². The summed E-state index contributed by atoms with van der Waals surface area (Å²) < 4.78 is 10.2. The van der Waals surface area contributed by atoms with Crippen molar-refractivity contribution in [2.24, 2.45) is 0 Å². The molecule has 1 amide bonds. The number of carbonyl (C=O) groups excluding carboxylic acids is 1. The standard InChI is InChI=1S/C5H10BNO3/c1-6-9-2-5(3-10-6)7-4-8/h4-5H,2-3H2,1H3,(H,7,8). The van der Waals surface area contributed by atoms with Gasteiger partial charge in [-0.1, -0.05) is 0 Å². The molecule has 10 heavy (non-hydrogen) atoms. The zero-order valence-electron chi connectivity index (χ0n) is 5.87. The summed E-state index contributed by atoms with van der Waals surface area (Å²) in [5, 5.41) is 2.57. The Morgan fingerprint density at radius 3 is 2.70 bits per heavy atom. The van der Waals surface area contributed by atoms with Gasteiger partial charge in [-0.25, -0.2) is 0 Å². The van der Waals surface area contributed by atoms with Crippen molar-refractivity contribution >= 4 is 13.5 Å². The van der Waals surface area contributed by atoms with Crippen LogP contribution in [0.1, 0.15) is 0 Å². The number of carbonyl (C=O) groups is 1. The van der Waals surface area contributed by atoms with Crippen LogP contribution in [0.25, 0.3) is 0 Å². The van der Waals surface area contributed by atoms with E-state index in [0.717, 1.165) is 0 Å². The minimum Gasteiger partial charge on any atom is -0.409 e. The summed E-state index contributed by atoms with van der Waals surface area (Å²) in [6.45, 7) is 2.91. The number of hydrogen-bond acceptors (Lipinski definition) is 3. The van der Waals surface area contributed by atoms with E-state index in [0.29, 0.717) is 19.6 Å². The molecule has 1 fully saturated rings. The Hall–Kier alpha value is -0.545. The lowest BCUT2D eigenvalue weighted by Crippen LogP contribution is -2.44. The lowest BCUT2D eigenvalue weighted by atomic mass is 9.93. The van der Waals surface area contributed by atoms with Crippen molar-refractivity contribution in [3.8, 4) is 0 Å². The monoisotopic (exact) mass is 143 g/mol. The second-order valence-electron chi connectivity index (χ2n) is 2.22. The maximum absolute atomic E-state index is 9.93. The van der Waals surface area contributed by atoms with E-state index in [2.05, 4.69) is 5.32 Å². The zero-order chi connectivity index (χ0) is 7.40. The van der Waals surface area contributed by atoms with Crippen molar-refractivity contribution in [3.05, 3.63) is 0 Å². The fourth-order valence-corrected chi connectivity index (χ4v) is 0.792. The summed E-state index contributed by atoms with van der Waals surface area (Å²) in [6.07, 6.45) is 0.660. The normalized spacial score (nSPS) is 20.7. The summed E-state index contributed by atoms with van der Waals surface area (Å²) in [5.41, 5.74) is 0. The van der Waals surface area contributed by atoms with Crippen LogP contribution in [-0.2, 0) is 14.1 Å². The van der Waals surface area contributed by atoms with E-state index >= 15 is 0 Å². The third-order valence-corrected chi connectivity index (χ3v) is 1.37. The Bertz CT molecular complexity index is 113. The summed E-state index contributed by atoms with van der Waals surface area (Å²) in [6, 6.07) is 0.0219. The molecule has 1 heterocycles. The van der Waals surface area contributed by atoms with E-state index in [9.17, 15) is 4.79 Å². The lowest BCUT2D eigenvalue weighted by Gasteiger charge is -2.24. The van der Waals surface area contributed by atoms with Gasteiger partial charge in [0.05, 0.1) is 19.3 Å². The van der Waals surface area contributed by atoms with Crippen LogP contribution in [0.4, 0.5) is 0 Å². The first-order valence-electron chi connectivity index (χ1n) is 3.26. The van der Waals surface area contributed by atoms with Gasteiger partial charge < -0.3 is 14.6 Å². The number of hydrogen-bond donors (Lipinski definition) is 1. The van der Waals surface area contributed by atoms with E-state index in [4.69, 9.17) is 9.31 Å². The lowest BCUT2D eigenvalue weighted by molar-refractivity contribution is -0.111. The molecule has 4 nitrogen and oxygen atoms in total. The molecule has 0 unspecified atom stereocenters. The smallest absolute Gasteiger partial charge is 0.409 e. The van der Waals surface area contributed by atoms with E-state index in [1.165, 1.54) is 0 Å². The Morgan fingerprint density at radius 2 is 2.20 bits per heavy atom. The van der Waals surface area contributed by atoms with Crippen LogP contribution in [0, 0.1) is 0 Å². The van der Waals surface area contributed by atoms with Gasteiger partial charge in [-0.05, 0) is 6.82 Å². The SMILES string of the molecule is CB1OCC(NC=O)CO1.